The molecule has 0 aliphatic carbocycles. The Morgan fingerprint density at radius 2 is 2.09 bits per heavy atom. The molecule has 23 heavy (non-hydrogen) atoms. The van der Waals surface area contributed by atoms with E-state index < -0.39 is 5.82 Å². The quantitative estimate of drug-likeness (QED) is 0.679. The van der Waals surface area contributed by atoms with Gasteiger partial charge < -0.3 is 5.32 Å². The van der Waals surface area contributed by atoms with Crippen LogP contribution in [0.4, 0.5) is 10.1 Å². The summed E-state index contributed by atoms with van der Waals surface area (Å²) in [6, 6.07) is 5.97. The van der Waals surface area contributed by atoms with E-state index in [0.717, 1.165) is 10.0 Å². The summed E-state index contributed by atoms with van der Waals surface area (Å²) in [7, 11) is 0. The average Bonchev–Trinajstić information content (AvgIpc) is 2.79. The van der Waals surface area contributed by atoms with Gasteiger partial charge in [-0.15, -0.1) is 0 Å². The van der Waals surface area contributed by atoms with Crippen LogP contribution in [0.2, 0.25) is 5.02 Å². The van der Waals surface area contributed by atoms with E-state index in [0.29, 0.717) is 22.7 Å². The van der Waals surface area contributed by atoms with Gasteiger partial charge in [-0.05, 0) is 59.6 Å². The molecular weight excluding hydrogens is 385 g/mol. The number of imidazole rings is 1. The first kappa shape index (κ1) is 16.0. The summed E-state index contributed by atoms with van der Waals surface area (Å²) < 4.78 is 15.7. The summed E-state index contributed by atoms with van der Waals surface area (Å²) in [5, 5.41) is 2.67. The maximum absolute atomic E-state index is 13.2. The summed E-state index contributed by atoms with van der Waals surface area (Å²) in [6.07, 6.45) is 1.84. The van der Waals surface area contributed by atoms with Crippen molar-refractivity contribution in [2.45, 2.75) is 13.8 Å². The molecule has 7 heteroatoms. The molecular formula is C16H12BrClFN3O. The molecule has 2 heterocycles. The van der Waals surface area contributed by atoms with Crippen LogP contribution in [-0.4, -0.2) is 15.3 Å². The van der Waals surface area contributed by atoms with Gasteiger partial charge in [0.25, 0.3) is 5.91 Å². The fourth-order valence-corrected chi connectivity index (χ4v) is 3.20. The SMILES string of the molecule is Cc1cc(Br)c2nc(C)c(C(=O)Nc3ccc(F)c(Cl)c3)n2c1. The topological polar surface area (TPSA) is 46.4 Å². The van der Waals surface area contributed by atoms with Gasteiger partial charge in [0.2, 0.25) is 0 Å². The van der Waals surface area contributed by atoms with Crippen LogP contribution in [0, 0.1) is 19.7 Å². The van der Waals surface area contributed by atoms with E-state index in [1.165, 1.54) is 18.2 Å². The number of hydrogen-bond donors (Lipinski definition) is 1. The van der Waals surface area contributed by atoms with Crippen molar-refractivity contribution in [1.29, 1.82) is 0 Å². The third kappa shape index (κ3) is 2.96. The van der Waals surface area contributed by atoms with E-state index >= 15 is 0 Å². The van der Waals surface area contributed by atoms with E-state index in [9.17, 15) is 9.18 Å². The Labute approximate surface area is 145 Å². The number of aryl methyl sites for hydroxylation is 2. The van der Waals surface area contributed by atoms with Gasteiger partial charge in [0, 0.05) is 11.9 Å². The molecule has 4 nitrogen and oxygen atoms in total. The highest BCUT2D eigenvalue weighted by Gasteiger charge is 2.18. The molecule has 0 atom stereocenters. The molecule has 0 unspecified atom stereocenters. The fraction of sp³-hybridized carbons (Fsp3) is 0.125. The third-order valence-electron chi connectivity index (χ3n) is 3.38. The van der Waals surface area contributed by atoms with Gasteiger partial charge in [-0.1, -0.05) is 11.6 Å². The minimum atomic E-state index is -0.532. The van der Waals surface area contributed by atoms with Crippen LogP contribution in [0.1, 0.15) is 21.7 Å². The minimum Gasteiger partial charge on any atom is -0.321 e. The number of anilines is 1. The van der Waals surface area contributed by atoms with Gasteiger partial charge in [-0.25, -0.2) is 9.37 Å². The van der Waals surface area contributed by atoms with E-state index in [4.69, 9.17) is 11.6 Å². The average molecular weight is 397 g/mol. The maximum Gasteiger partial charge on any atom is 0.274 e. The maximum atomic E-state index is 13.2. The molecule has 0 spiro atoms. The van der Waals surface area contributed by atoms with Crippen LogP contribution >= 0.6 is 27.5 Å². The highest BCUT2D eigenvalue weighted by atomic mass is 79.9. The number of fused-ring (bicyclic) bond motifs is 1. The van der Waals surface area contributed by atoms with Crippen molar-refractivity contribution < 1.29 is 9.18 Å². The molecule has 1 amide bonds. The van der Waals surface area contributed by atoms with Crippen molar-refractivity contribution in [3.8, 4) is 0 Å². The van der Waals surface area contributed by atoms with Gasteiger partial charge in [0.05, 0.1) is 15.2 Å². The summed E-state index contributed by atoms with van der Waals surface area (Å²) in [5.41, 5.74) is 3.09. The first-order valence-electron chi connectivity index (χ1n) is 6.78. The lowest BCUT2D eigenvalue weighted by Gasteiger charge is -2.08. The Bertz CT molecular complexity index is 939. The predicted molar refractivity (Wildman–Crippen MR) is 91.7 cm³/mol. The van der Waals surface area contributed by atoms with Crippen LogP contribution in [0.3, 0.4) is 0 Å². The van der Waals surface area contributed by atoms with Gasteiger partial charge in [0.15, 0.2) is 5.65 Å². The smallest absolute Gasteiger partial charge is 0.274 e. The predicted octanol–water partition coefficient (Wildman–Crippen LogP) is 4.76. The first-order chi connectivity index (χ1) is 10.9. The Kier molecular flexibility index (Phi) is 4.12. The second-order valence-corrected chi connectivity index (χ2v) is 6.45. The lowest BCUT2D eigenvalue weighted by atomic mass is 10.2. The van der Waals surface area contributed by atoms with Crippen molar-refractivity contribution in [3.05, 3.63) is 62.7 Å². The van der Waals surface area contributed by atoms with Crippen LogP contribution in [0.15, 0.2) is 34.9 Å². The van der Waals surface area contributed by atoms with Crippen molar-refractivity contribution in [1.82, 2.24) is 9.38 Å². The number of aromatic nitrogens is 2. The number of hydrogen-bond acceptors (Lipinski definition) is 2. The van der Waals surface area contributed by atoms with Gasteiger partial charge >= 0.3 is 0 Å². The third-order valence-corrected chi connectivity index (χ3v) is 4.25. The summed E-state index contributed by atoms with van der Waals surface area (Å²) in [5.74, 6) is -0.870. The van der Waals surface area contributed by atoms with Crippen LogP contribution < -0.4 is 5.32 Å². The Balaban J connectivity index is 2.04. The zero-order chi connectivity index (χ0) is 16.7. The molecule has 2 aromatic heterocycles. The minimum absolute atomic E-state index is 0.0451. The standard InChI is InChI=1S/C16H12BrClFN3O/c1-8-5-11(17)15-20-9(2)14(22(15)7-8)16(23)21-10-3-4-13(19)12(18)6-10/h3-7H,1-2H3,(H,21,23). The van der Waals surface area contributed by atoms with E-state index in [-0.39, 0.29) is 10.9 Å². The summed E-state index contributed by atoms with van der Waals surface area (Å²) >= 11 is 9.19. The molecule has 0 radical (unpaired) electrons. The van der Waals surface area contributed by atoms with Gasteiger partial charge in [-0.3, -0.25) is 9.20 Å². The number of nitrogens with one attached hydrogen (secondary N) is 1. The fourth-order valence-electron chi connectivity index (χ4n) is 2.38. The Morgan fingerprint density at radius 3 is 2.78 bits per heavy atom. The number of carbonyl (C=O) groups is 1. The van der Waals surface area contributed by atoms with E-state index in [1.54, 1.807) is 11.3 Å². The molecule has 0 aliphatic heterocycles. The van der Waals surface area contributed by atoms with Crippen molar-refractivity contribution in [3.63, 3.8) is 0 Å². The van der Waals surface area contributed by atoms with Gasteiger partial charge in [0.1, 0.15) is 11.5 Å². The molecule has 3 aromatic rings. The number of pyridine rings is 1. The van der Waals surface area contributed by atoms with Crippen LogP contribution in [0.25, 0.3) is 5.65 Å². The monoisotopic (exact) mass is 395 g/mol. The van der Waals surface area contributed by atoms with Crippen molar-refractivity contribution >= 4 is 44.8 Å². The molecule has 0 fully saturated rings. The van der Waals surface area contributed by atoms with Crippen LogP contribution in [-0.2, 0) is 0 Å². The molecule has 1 N–H and O–H groups in total. The highest BCUT2D eigenvalue weighted by molar-refractivity contribution is 9.10. The molecule has 0 saturated carbocycles. The zero-order valence-corrected chi connectivity index (χ0v) is 14.7. The van der Waals surface area contributed by atoms with Gasteiger partial charge in [-0.2, -0.15) is 0 Å². The Morgan fingerprint density at radius 1 is 1.35 bits per heavy atom. The number of benzene rings is 1. The highest BCUT2D eigenvalue weighted by Crippen LogP contribution is 2.24. The zero-order valence-electron chi connectivity index (χ0n) is 12.3. The van der Waals surface area contributed by atoms with Crippen molar-refractivity contribution in [2.75, 3.05) is 5.32 Å². The normalized spacial score (nSPS) is 11.0. The first-order valence-corrected chi connectivity index (χ1v) is 7.95. The molecule has 3 rings (SSSR count). The molecule has 118 valence electrons. The Hall–Kier alpha value is -1.92. The van der Waals surface area contributed by atoms with Crippen molar-refractivity contribution in [2.24, 2.45) is 0 Å². The molecule has 0 bridgehead atoms. The molecule has 1 aromatic carbocycles. The number of nitrogens with zero attached hydrogens (tertiary/aromatic N) is 2. The second-order valence-electron chi connectivity index (χ2n) is 5.19. The second kappa shape index (κ2) is 5.94. The van der Waals surface area contributed by atoms with Crippen LogP contribution in [0.5, 0.6) is 0 Å². The molecule has 0 saturated heterocycles. The van der Waals surface area contributed by atoms with E-state index in [1.807, 2.05) is 19.2 Å². The number of rotatable bonds is 2. The largest absolute Gasteiger partial charge is 0.321 e. The number of amides is 1. The number of carbonyl (C=O) groups excluding carboxylic acids is 1. The summed E-state index contributed by atoms with van der Waals surface area (Å²) in [4.78, 5) is 17.0. The van der Waals surface area contributed by atoms with E-state index in [2.05, 4.69) is 26.2 Å². The lowest BCUT2D eigenvalue weighted by Crippen LogP contribution is -2.15. The lowest BCUT2D eigenvalue weighted by molar-refractivity contribution is 0.102. The summed E-state index contributed by atoms with van der Waals surface area (Å²) in [6.45, 7) is 3.70. The number of halogens is 3. The molecule has 0 aliphatic rings.